The first kappa shape index (κ1) is 10.7. The van der Waals surface area contributed by atoms with Crippen LogP contribution in [-0.2, 0) is 9.53 Å². The molecule has 0 atom stereocenters. The van der Waals surface area contributed by atoms with E-state index in [0.717, 1.165) is 5.57 Å². The van der Waals surface area contributed by atoms with E-state index in [1.165, 1.54) is 6.08 Å². The molecule has 0 bridgehead atoms. The fraction of sp³-hybridized carbons (Fsp3) is 0.300. The SMILES string of the molecule is C=C(OC(=O)/C=C\C)/C(C)=C\C. The van der Waals surface area contributed by atoms with Gasteiger partial charge in [-0.25, -0.2) is 4.79 Å². The van der Waals surface area contributed by atoms with Crippen LogP contribution < -0.4 is 0 Å². The predicted octanol–water partition coefficient (Wildman–Crippen LogP) is 2.59. The van der Waals surface area contributed by atoms with Crippen molar-refractivity contribution in [1.82, 2.24) is 0 Å². The summed E-state index contributed by atoms with van der Waals surface area (Å²) in [4.78, 5) is 10.9. The molecule has 0 amide bonds. The molecule has 0 radical (unpaired) electrons. The molecular formula is C10H14O2. The van der Waals surface area contributed by atoms with Crippen LogP contribution in [0.4, 0.5) is 0 Å². The minimum Gasteiger partial charge on any atom is -0.424 e. The third kappa shape index (κ3) is 3.76. The maximum Gasteiger partial charge on any atom is 0.335 e. The van der Waals surface area contributed by atoms with E-state index in [-0.39, 0.29) is 5.97 Å². The standard InChI is InChI=1S/C10H14O2/c1-5-7-10(11)12-9(4)8(3)6-2/h5-7H,4H2,1-3H3/b7-5-,8-6-. The number of carbonyl (C=O) groups is 1. The van der Waals surface area contributed by atoms with Crippen LogP contribution in [0, 0.1) is 0 Å². The van der Waals surface area contributed by atoms with Crippen molar-refractivity contribution in [2.45, 2.75) is 20.8 Å². The molecule has 0 aliphatic rings. The van der Waals surface area contributed by atoms with Crippen LogP contribution in [0.25, 0.3) is 0 Å². The van der Waals surface area contributed by atoms with Crippen LogP contribution in [0.15, 0.2) is 36.1 Å². The van der Waals surface area contributed by atoms with Crippen molar-refractivity contribution in [3.63, 3.8) is 0 Å². The Bertz CT molecular complexity index is 234. The van der Waals surface area contributed by atoms with Gasteiger partial charge in [0.2, 0.25) is 0 Å². The molecule has 0 fully saturated rings. The first-order chi connectivity index (χ1) is 5.61. The van der Waals surface area contributed by atoms with E-state index in [2.05, 4.69) is 6.58 Å². The molecule has 0 unspecified atom stereocenters. The highest BCUT2D eigenvalue weighted by Gasteiger charge is 2.01. The smallest absolute Gasteiger partial charge is 0.335 e. The van der Waals surface area contributed by atoms with Crippen LogP contribution in [0.2, 0.25) is 0 Å². The van der Waals surface area contributed by atoms with Gasteiger partial charge in [-0.05, 0) is 26.3 Å². The van der Waals surface area contributed by atoms with Crippen molar-refractivity contribution in [3.05, 3.63) is 36.1 Å². The van der Waals surface area contributed by atoms with Gasteiger partial charge >= 0.3 is 5.97 Å². The zero-order valence-electron chi connectivity index (χ0n) is 7.76. The Morgan fingerprint density at radius 3 is 2.42 bits per heavy atom. The van der Waals surface area contributed by atoms with Gasteiger partial charge < -0.3 is 4.74 Å². The lowest BCUT2D eigenvalue weighted by Gasteiger charge is -2.03. The van der Waals surface area contributed by atoms with Gasteiger partial charge in [0.1, 0.15) is 5.76 Å². The molecule has 0 aromatic carbocycles. The first-order valence-electron chi connectivity index (χ1n) is 3.78. The van der Waals surface area contributed by atoms with Gasteiger partial charge in [0, 0.05) is 6.08 Å². The summed E-state index contributed by atoms with van der Waals surface area (Å²) in [5.41, 5.74) is 0.868. The van der Waals surface area contributed by atoms with Gasteiger partial charge in [0.05, 0.1) is 0 Å². The summed E-state index contributed by atoms with van der Waals surface area (Å²) in [6.45, 7) is 9.06. The summed E-state index contributed by atoms with van der Waals surface area (Å²) in [6.07, 6.45) is 4.82. The third-order valence-corrected chi connectivity index (χ3v) is 1.40. The Balaban J connectivity index is 4.11. The fourth-order valence-corrected chi connectivity index (χ4v) is 0.533. The quantitative estimate of drug-likeness (QED) is 0.279. The minimum absolute atomic E-state index is 0.385. The zero-order valence-corrected chi connectivity index (χ0v) is 7.76. The lowest BCUT2D eigenvalue weighted by molar-refractivity contribution is -0.133. The van der Waals surface area contributed by atoms with Gasteiger partial charge in [-0.3, -0.25) is 0 Å². The Morgan fingerprint density at radius 2 is 2.00 bits per heavy atom. The number of hydrogen-bond donors (Lipinski definition) is 0. The third-order valence-electron chi connectivity index (χ3n) is 1.40. The van der Waals surface area contributed by atoms with Crippen molar-refractivity contribution < 1.29 is 9.53 Å². The minimum atomic E-state index is -0.385. The lowest BCUT2D eigenvalue weighted by atomic mass is 10.2. The van der Waals surface area contributed by atoms with Crippen molar-refractivity contribution >= 4 is 5.97 Å². The molecule has 2 heteroatoms. The number of hydrogen-bond acceptors (Lipinski definition) is 2. The average molecular weight is 166 g/mol. The monoisotopic (exact) mass is 166 g/mol. The maximum atomic E-state index is 10.9. The lowest BCUT2D eigenvalue weighted by Crippen LogP contribution is -2.00. The summed E-state index contributed by atoms with van der Waals surface area (Å²) >= 11 is 0. The average Bonchev–Trinajstić information content (AvgIpc) is 2.03. The molecule has 0 aromatic heterocycles. The molecule has 66 valence electrons. The molecule has 0 aliphatic carbocycles. The summed E-state index contributed by atoms with van der Waals surface area (Å²) in [5.74, 6) is 0.0179. The van der Waals surface area contributed by atoms with Crippen LogP contribution in [-0.4, -0.2) is 5.97 Å². The molecule has 0 aromatic rings. The molecule has 2 nitrogen and oxygen atoms in total. The van der Waals surface area contributed by atoms with E-state index in [9.17, 15) is 4.79 Å². The summed E-state index contributed by atoms with van der Waals surface area (Å²) < 4.78 is 4.85. The van der Waals surface area contributed by atoms with Crippen LogP contribution in [0.1, 0.15) is 20.8 Å². The molecule has 0 saturated heterocycles. The second-order valence-electron chi connectivity index (χ2n) is 2.32. The molecule has 12 heavy (non-hydrogen) atoms. The molecule has 0 saturated carbocycles. The van der Waals surface area contributed by atoms with Crippen molar-refractivity contribution in [3.8, 4) is 0 Å². The van der Waals surface area contributed by atoms with Crippen LogP contribution >= 0.6 is 0 Å². The number of allylic oxidation sites excluding steroid dienone is 3. The molecule has 0 N–H and O–H groups in total. The van der Waals surface area contributed by atoms with E-state index in [0.29, 0.717) is 5.76 Å². The Hall–Kier alpha value is -1.31. The maximum absolute atomic E-state index is 10.9. The van der Waals surface area contributed by atoms with Gasteiger partial charge in [0.25, 0.3) is 0 Å². The predicted molar refractivity (Wildman–Crippen MR) is 49.5 cm³/mol. The van der Waals surface area contributed by atoms with Crippen LogP contribution in [0.3, 0.4) is 0 Å². The topological polar surface area (TPSA) is 26.3 Å². The number of esters is 1. The van der Waals surface area contributed by atoms with Crippen molar-refractivity contribution in [2.75, 3.05) is 0 Å². The second kappa shape index (κ2) is 5.35. The highest BCUT2D eigenvalue weighted by atomic mass is 16.5. The summed E-state index contributed by atoms with van der Waals surface area (Å²) in [6, 6.07) is 0. The van der Waals surface area contributed by atoms with E-state index in [1.54, 1.807) is 13.0 Å². The highest BCUT2D eigenvalue weighted by molar-refractivity contribution is 5.82. The van der Waals surface area contributed by atoms with Crippen molar-refractivity contribution in [1.29, 1.82) is 0 Å². The van der Waals surface area contributed by atoms with Gasteiger partial charge in [-0.2, -0.15) is 0 Å². The Kier molecular flexibility index (Phi) is 4.77. The van der Waals surface area contributed by atoms with E-state index in [1.807, 2.05) is 19.9 Å². The van der Waals surface area contributed by atoms with Gasteiger partial charge in [-0.15, -0.1) is 0 Å². The number of ether oxygens (including phenoxy) is 1. The molecule has 0 rings (SSSR count). The largest absolute Gasteiger partial charge is 0.424 e. The Morgan fingerprint density at radius 1 is 1.42 bits per heavy atom. The molecule has 0 aliphatic heterocycles. The van der Waals surface area contributed by atoms with Crippen LogP contribution in [0.5, 0.6) is 0 Å². The first-order valence-corrected chi connectivity index (χ1v) is 3.78. The summed E-state index contributed by atoms with van der Waals surface area (Å²) in [7, 11) is 0. The summed E-state index contributed by atoms with van der Waals surface area (Å²) in [5, 5.41) is 0. The number of rotatable bonds is 3. The normalized spacial score (nSPS) is 11.8. The van der Waals surface area contributed by atoms with E-state index >= 15 is 0 Å². The molecular weight excluding hydrogens is 152 g/mol. The highest BCUT2D eigenvalue weighted by Crippen LogP contribution is 2.07. The van der Waals surface area contributed by atoms with E-state index in [4.69, 9.17) is 4.74 Å². The van der Waals surface area contributed by atoms with Gasteiger partial charge in [-0.1, -0.05) is 18.7 Å². The number of carbonyl (C=O) groups excluding carboxylic acids is 1. The fourth-order valence-electron chi connectivity index (χ4n) is 0.533. The van der Waals surface area contributed by atoms with Crippen molar-refractivity contribution in [2.24, 2.45) is 0 Å². The Labute approximate surface area is 73.2 Å². The van der Waals surface area contributed by atoms with Gasteiger partial charge in [0.15, 0.2) is 0 Å². The van der Waals surface area contributed by atoms with E-state index < -0.39 is 0 Å². The molecule has 0 spiro atoms. The molecule has 0 heterocycles. The zero-order chi connectivity index (χ0) is 9.56. The second-order valence-corrected chi connectivity index (χ2v) is 2.32.